The summed E-state index contributed by atoms with van der Waals surface area (Å²) in [6.07, 6.45) is -3.18. The molecule has 6 rings (SSSR count). The molecule has 238 valence electrons. The van der Waals surface area contributed by atoms with E-state index in [-0.39, 0.29) is 36.7 Å². The van der Waals surface area contributed by atoms with Gasteiger partial charge < -0.3 is 15.3 Å². The first-order valence-corrected chi connectivity index (χ1v) is 16.3. The smallest absolute Gasteiger partial charge is 0.471 e. The Kier molecular flexibility index (Phi) is 8.48. The number of nitrogens with one attached hydrogen (secondary N) is 2. The number of carbonyl (C=O) groups excluding carboxylic acids is 1. The van der Waals surface area contributed by atoms with E-state index in [0.29, 0.717) is 55.3 Å². The van der Waals surface area contributed by atoms with Crippen molar-refractivity contribution in [2.45, 2.75) is 37.1 Å². The van der Waals surface area contributed by atoms with Gasteiger partial charge in [-0.3, -0.25) is 4.79 Å². The van der Waals surface area contributed by atoms with Crippen LogP contribution >= 0.6 is 15.9 Å². The fraction of sp³-hybridized carbons (Fsp3) is 0.194. The predicted molar refractivity (Wildman–Crippen MR) is 167 cm³/mol. The standard InChI is InChI=1S/C31H26BrF3N6O4S/c32-25-17-37-41-28(14-26(39-29(25)41)24-6-1-2-7-27(24)42)36-15-19-4-3-5-20(12-19)16-38-46(44,45)23-9-8-21-10-11-40(18-22(21)13-23)30(43)31(33,34)35/h1-9,12-14,17,36,38,42H,10-11,15-16,18H2. The molecule has 5 aromatic rings. The van der Waals surface area contributed by atoms with Gasteiger partial charge in [-0.1, -0.05) is 42.5 Å². The summed E-state index contributed by atoms with van der Waals surface area (Å²) in [5.74, 6) is -1.24. The van der Waals surface area contributed by atoms with Crippen LogP contribution in [0.4, 0.5) is 19.0 Å². The van der Waals surface area contributed by atoms with Gasteiger partial charge in [-0.25, -0.2) is 18.1 Å². The van der Waals surface area contributed by atoms with Gasteiger partial charge >= 0.3 is 12.1 Å². The number of phenols is 1. The number of amides is 1. The van der Waals surface area contributed by atoms with E-state index in [2.05, 4.69) is 36.1 Å². The third-order valence-corrected chi connectivity index (χ3v) is 9.53. The number of anilines is 1. The number of phenolic OH excluding ortho intramolecular Hbond substituents is 1. The number of alkyl halides is 3. The van der Waals surface area contributed by atoms with Crippen molar-refractivity contribution in [3.8, 4) is 17.0 Å². The van der Waals surface area contributed by atoms with Crippen molar-refractivity contribution in [2.75, 3.05) is 11.9 Å². The first-order chi connectivity index (χ1) is 21.9. The van der Waals surface area contributed by atoms with Crippen molar-refractivity contribution in [1.82, 2.24) is 24.2 Å². The minimum atomic E-state index is -5.00. The van der Waals surface area contributed by atoms with Gasteiger partial charge in [-0.05, 0) is 68.9 Å². The van der Waals surface area contributed by atoms with Crippen LogP contribution in [0.25, 0.3) is 16.9 Å². The minimum Gasteiger partial charge on any atom is -0.507 e. The van der Waals surface area contributed by atoms with Crippen molar-refractivity contribution in [2.24, 2.45) is 0 Å². The van der Waals surface area contributed by atoms with Gasteiger partial charge in [-0.15, -0.1) is 0 Å². The number of para-hydroxylation sites is 1. The zero-order valence-electron chi connectivity index (χ0n) is 23.9. The molecule has 3 heterocycles. The predicted octanol–water partition coefficient (Wildman–Crippen LogP) is 5.40. The summed E-state index contributed by atoms with van der Waals surface area (Å²) in [6.45, 7) is -0.0894. The van der Waals surface area contributed by atoms with Gasteiger partial charge in [0.15, 0.2) is 5.65 Å². The molecule has 0 radical (unpaired) electrons. The van der Waals surface area contributed by atoms with Crippen molar-refractivity contribution < 1.29 is 31.5 Å². The zero-order valence-corrected chi connectivity index (χ0v) is 26.3. The monoisotopic (exact) mass is 714 g/mol. The largest absolute Gasteiger partial charge is 0.507 e. The number of carbonyl (C=O) groups is 1. The van der Waals surface area contributed by atoms with E-state index in [9.17, 15) is 31.5 Å². The molecule has 46 heavy (non-hydrogen) atoms. The topological polar surface area (TPSA) is 129 Å². The Morgan fingerprint density at radius 1 is 0.978 bits per heavy atom. The van der Waals surface area contributed by atoms with Gasteiger partial charge in [0, 0.05) is 37.8 Å². The Labute approximate surface area is 270 Å². The van der Waals surface area contributed by atoms with Gasteiger partial charge in [-0.2, -0.15) is 22.8 Å². The first-order valence-electron chi connectivity index (χ1n) is 14.0. The van der Waals surface area contributed by atoms with Crippen LogP contribution < -0.4 is 10.0 Å². The molecule has 0 spiro atoms. The lowest BCUT2D eigenvalue weighted by molar-refractivity contribution is -0.186. The van der Waals surface area contributed by atoms with E-state index >= 15 is 0 Å². The average molecular weight is 716 g/mol. The quantitative estimate of drug-likeness (QED) is 0.196. The molecule has 10 nitrogen and oxygen atoms in total. The highest BCUT2D eigenvalue weighted by atomic mass is 79.9. The van der Waals surface area contributed by atoms with E-state index < -0.39 is 22.1 Å². The molecule has 1 aliphatic heterocycles. The van der Waals surface area contributed by atoms with E-state index in [4.69, 9.17) is 0 Å². The maximum absolute atomic E-state index is 13.1. The SMILES string of the molecule is O=C(N1CCc2ccc(S(=O)(=O)NCc3cccc(CNc4cc(-c5ccccc5O)nc5c(Br)cnn45)c3)cc2C1)C(F)(F)F. The van der Waals surface area contributed by atoms with Gasteiger partial charge in [0.25, 0.3) is 0 Å². The lowest BCUT2D eigenvalue weighted by Crippen LogP contribution is -2.43. The molecule has 0 saturated carbocycles. The highest BCUT2D eigenvalue weighted by Gasteiger charge is 2.43. The van der Waals surface area contributed by atoms with Crippen LogP contribution in [0.5, 0.6) is 5.75 Å². The summed E-state index contributed by atoms with van der Waals surface area (Å²) in [5.41, 5.74) is 4.24. The molecule has 3 aromatic carbocycles. The highest BCUT2D eigenvalue weighted by molar-refractivity contribution is 9.10. The Balaban J connectivity index is 1.15. The second-order valence-corrected chi connectivity index (χ2v) is 13.3. The van der Waals surface area contributed by atoms with Crippen LogP contribution in [0.1, 0.15) is 22.3 Å². The third kappa shape index (κ3) is 6.57. The molecule has 2 aromatic heterocycles. The number of sulfonamides is 1. The van der Waals surface area contributed by atoms with Crippen molar-refractivity contribution in [3.63, 3.8) is 0 Å². The molecule has 0 fully saturated rings. The van der Waals surface area contributed by atoms with Crippen molar-refractivity contribution in [3.05, 3.63) is 106 Å². The lowest BCUT2D eigenvalue weighted by atomic mass is 10.00. The minimum absolute atomic E-state index is 0.0328. The fourth-order valence-electron chi connectivity index (χ4n) is 5.25. The number of benzene rings is 3. The molecule has 1 aliphatic rings. The summed E-state index contributed by atoms with van der Waals surface area (Å²) in [7, 11) is -4.02. The zero-order chi connectivity index (χ0) is 32.6. The lowest BCUT2D eigenvalue weighted by Gasteiger charge is -2.29. The maximum Gasteiger partial charge on any atom is 0.471 e. The van der Waals surface area contributed by atoms with Crippen molar-refractivity contribution in [1.29, 1.82) is 0 Å². The Morgan fingerprint density at radius 2 is 1.74 bits per heavy atom. The Bertz CT molecular complexity index is 2070. The van der Waals surface area contributed by atoms with E-state index in [1.165, 1.54) is 12.1 Å². The van der Waals surface area contributed by atoms with Gasteiger partial charge in [0.1, 0.15) is 11.6 Å². The second kappa shape index (κ2) is 12.4. The molecular weight excluding hydrogens is 689 g/mol. The maximum atomic E-state index is 13.1. The van der Waals surface area contributed by atoms with E-state index in [1.54, 1.807) is 59.2 Å². The van der Waals surface area contributed by atoms with E-state index in [0.717, 1.165) is 5.56 Å². The first kappa shape index (κ1) is 31.5. The number of aromatic nitrogens is 3. The number of rotatable bonds is 8. The number of nitrogens with zero attached hydrogens (tertiary/aromatic N) is 4. The molecule has 0 bridgehead atoms. The molecular formula is C31H26BrF3N6O4S. The second-order valence-electron chi connectivity index (χ2n) is 10.7. The Hall–Kier alpha value is -4.47. The van der Waals surface area contributed by atoms with E-state index in [1.807, 2.05) is 12.1 Å². The molecule has 0 unspecified atom stereocenters. The summed E-state index contributed by atoms with van der Waals surface area (Å²) in [5, 5.41) is 18.1. The number of fused-ring (bicyclic) bond motifs is 2. The average Bonchev–Trinajstić information content (AvgIpc) is 3.42. The fourth-order valence-corrected chi connectivity index (χ4v) is 6.66. The third-order valence-electron chi connectivity index (χ3n) is 7.57. The summed E-state index contributed by atoms with van der Waals surface area (Å²) in [4.78, 5) is 16.9. The van der Waals surface area contributed by atoms with Gasteiger partial charge in [0.2, 0.25) is 10.0 Å². The Morgan fingerprint density at radius 3 is 2.50 bits per heavy atom. The van der Waals surface area contributed by atoms with Gasteiger partial charge in [0.05, 0.1) is 21.3 Å². The van der Waals surface area contributed by atoms with Crippen LogP contribution in [0.2, 0.25) is 0 Å². The highest BCUT2D eigenvalue weighted by Crippen LogP contribution is 2.31. The molecule has 0 saturated heterocycles. The van der Waals surface area contributed by atoms with Crippen LogP contribution in [0.15, 0.2) is 88.4 Å². The molecule has 0 atom stereocenters. The molecule has 1 amide bonds. The number of hydrogen-bond donors (Lipinski definition) is 3. The summed E-state index contributed by atoms with van der Waals surface area (Å²) >= 11 is 3.47. The molecule has 0 aliphatic carbocycles. The van der Waals surface area contributed by atoms with Crippen LogP contribution in [0, 0.1) is 0 Å². The number of hydrogen-bond acceptors (Lipinski definition) is 7. The molecule has 3 N–H and O–H groups in total. The van der Waals surface area contributed by atoms with Crippen LogP contribution in [0.3, 0.4) is 0 Å². The number of aromatic hydroxyl groups is 1. The number of halogens is 4. The normalized spacial score (nSPS) is 13.5. The summed E-state index contributed by atoms with van der Waals surface area (Å²) in [6, 6.07) is 20.2. The summed E-state index contributed by atoms with van der Waals surface area (Å²) < 4.78 is 70.0. The van der Waals surface area contributed by atoms with Crippen LogP contribution in [-0.2, 0) is 40.9 Å². The van der Waals surface area contributed by atoms with Crippen LogP contribution in [-0.4, -0.2) is 51.7 Å². The van der Waals surface area contributed by atoms with Crippen molar-refractivity contribution >= 4 is 43.3 Å². The molecule has 15 heteroatoms.